The van der Waals surface area contributed by atoms with E-state index < -0.39 is 5.97 Å². The fraction of sp³-hybridized carbons (Fsp3) is 0.0690. The van der Waals surface area contributed by atoms with Crippen LogP contribution in [0.4, 0.5) is 11.4 Å². The van der Waals surface area contributed by atoms with Crippen molar-refractivity contribution < 1.29 is 39.5 Å². The zero-order valence-corrected chi connectivity index (χ0v) is 25.2. The molecule has 0 bridgehead atoms. The topological polar surface area (TPSA) is 70.3 Å². The Balaban J connectivity index is 0.00000353. The fourth-order valence-electron chi connectivity index (χ4n) is 4.50. The van der Waals surface area contributed by atoms with Gasteiger partial charge in [0.25, 0.3) is 5.56 Å². The molecule has 0 aliphatic heterocycles. The van der Waals surface area contributed by atoms with E-state index in [1.54, 1.807) is 54.6 Å². The van der Waals surface area contributed by atoms with Crippen LogP contribution < -0.4 is 45.1 Å². The Hall–Kier alpha value is -2.91. The summed E-state index contributed by atoms with van der Waals surface area (Å²) in [4.78, 5) is 27.0. The number of carbonyl (C=O) groups excluding carboxylic acids is 1. The first kappa shape index (κ1) is 29.1. The number of carboxylic acids is 1. The van der Waals surface area contributed by atoms with Gasteiger partial charge >= 0.3 is 29.6 Å². The minimum absolute atomic E-state index is 0. The Morgan fingerprint density at radius 1 is 0.846 bits per heavy atom. The summed E-state index contributed by atoms with van der Waals surface area (Å²) in [6.45, 7) is 0.0833. The van der Waals surface area contributed by atoms with Crippen LogP contribution in [0, 0.1) is 4.77 Å². The quantitative estimate of drug-likeness (QED) is 0.218. The van der Waals surface area contributed by atoms with Crippen molar-refractivity contribution >= 4 is 63.7 Å². The number of aliphatic carboxylic acids is 1. The van der Waals surface area contributed by atoms with Crippen LogP contribution in [0.25, 0.3) is 16.6 Å². The van der Waals surface area contributed by atoms with Gasteiger partial charge in [-0.1, -0.05) is 77.8 Å². The summed E-state index contributed by atoms with van der Waals surface area (Å²) in [6.07, 6.45) is -0.315. The third-order valence-electron chi connectivity index (χ3n) is 6.17. The first-order chi connectivity index (χ1) is 18.4. The molecule has 0 amide bonds. The second kappa shape index (κ2) is 12.5. The van der Waals surface area contributed by atoms with Crippen molar-refractivity contribution in [2.45, 2.75) is 13.1 Å². The maximum atomic E-state index is 13.6. The molecule has 4 aromatic carbocycles. The average molecular weight is 584 g/mol. The van der Waals surface area contributed by atoms with Gasteiger partial charge in [0.2, 0.25) is 0 Å². The molecule has 0 saturated heterocycles. The van der Waals surface area contributed by atoms with E-state index in [0.717, 1.165) is 0 Å². The van der Waals surface area contributed by atoms with E-state index in [2.05, 4.69) is 0 Å². The summed E-state index contributed by atoms with van der Waals surface area (Å²) in [5.74, 6) is -1.22. The van der Waals surface area contributed by atoms with Crippen molar-refractivity contribution in [2.24, 2.45) is 0 Å². The number of hydrogen-bond acceptors (Lipinski definition) is 5. The van der Waals surface area contributed by atoms with E-state index in [1.165, 1.54) is 4.57 Å². The van der Waals surface area contributed by atoms with Gasteiger partial charge in [0.1, 0.15) is 6.67 Å². The minimum atomic E-state index is -1.22. The van der Waals surface area contributed by atoms with Gasteiger partial charge in [0.15, 0.2) is 4.77 Å². The van der Waals surface area contributed by atoms with Crippen LogP contribution in [0.2, 0.25) is 10.0 Å². The molecule has 0 unspecified atom stereocenters. The largest absolute Gasteiger partial charge is 1.00 e. The molecule has 0 aliphatic carbocycles. The molecule has 0 atom stereocenters. The van der Waals surface area contributed by atoms with Gasteiger partial charge in [-0.15, -0.1) is 0 Å². The second-order valence-corrected chi connectivity index (χ2v) is 9.70. The summed E-state index contributed by atoms with van der Waals surface area (Å²) in [6, 6.07) is 28.6. The molecule has 0 N–H and O–H groups in total. The van der Waals surface area contributed by atoms with Gasteiger partial charge < -0.3 is 14.8 Å². The number of rotatable bonds is 7. The van der Waals surface area contributed by atoms with E-state index in [9.17, 15) is 14.7 Å². The molecule has 5 aromatic rings. The number of fused-ring (bicyclic) bond motifs is 1. The van der Waals surface area contributed by atoms with E-state index in [1.807, 2.05) is 51.9 Å². The number of hydrogen-bond donors (Lipinski definition) is 0. The average Bonchev–Trinajstić information content (AvgIpc) is 2.91. The normalized spacial score (nSPS) is 10.7. The Morgan fingerprint density at radius 3 is 2.15 bits per heavy atom. The molecule has 0 spiro atoms. The van der Waals surface area contributed by atoms with Gasteiger partial charge in [-0.3, -0.25) is 13.9 Å². The predicted molar refractivity (Wildman–Crippen MR) is 152 cm³/mol. The van der Waals surface area contributed by atoms with Crippen molar-refractivity contribution in [3.8, 4) is 5.69 Å². The number of halogens is 2. The zero-order valence-electron chi connectivity index (χ0n) is 20.9. The molecule has 0 saturated carbocycles. The van der Waals surface area contributed by atoms with Crippen molar-refractivity contribution in [3.63, 3.8) is 0 Å². The first-order valence-electron chi connectivity index (χ1n) is 11.7. The van der Waals surface area contributed by atoms with Gasteiger partial charge in [-0.2, -0.15) is 0 Å². The summed E-state index contributed by atoms with van der Waals surface area (Å²) < 4.78 is 3.55. The Morgan fingerprint density at radius 2 is 1.46 bits per heavy atom. The Labute approximate surface area is 261 Å². The smallest absolute Gasteiger partial charge is 0.550 e. The van der Waals surface area contributed by atoms with E-state index in [-0.39, 0.29) is 53.0 Å². The number of nitrogens with zero attached hydrogens (tertiary/aromatic N) is 3. The van der Waals surface area contributed by atoms with Crippen LogP contribution in [-0.4, -0.2) is 15.1 Å². The third-order valence-corrected chi connectivity index (χ3v) is 7.19. The van der Waals surface area contributed by atoms with Crippen LogP contribution in [0.1, 0.15) is 5.56 Å². The molecule has 6 nitrogen and oxygen atoms in total. The summed E-state index contributed by atoms with van der Waals surface area (Å²) in [7, 11) is 0. The van der Waals surface area contributed by atoms with Crippen LogP contribution in [0.15, 0.2) is 102 Å². The van der Waals surface area contributed by atoms with Gasteiger partial charge in [-0.05, 0) is 60.2 Å². The number of carbonyl (C=O) groups is 1. The van der Waals surface area contributed by atoms with E-state index in [4.69, 9.17) is 35.4 Å². The maximum absolute atomic E-state index is 13.6. The van der Waals surface area contributed by atoms with Crippen molar-refractivity contribution in [3.05, 3.63) is 128 Å². The maximum Gasteiger partial charge on any atom is 1.00 e. The predicted octanol–water partition coefficient (Wildman–Crippen LogP) is 2.92. The van der Waals surface area contributed by atoms with Gasteiger partial charge in [-0.25, -0.2) is 0 Å². The fourth-order valence-corrected chi connectivity index (χ4v) is 5.44. The number of aromatic nitrogens is 2. The summed E-state index contributed by atoms with van der Waals surface area (Å²) >= 11 is 19.2. The molecule has 10 heteroatoms. The molecule has 0 fully saturated rings. The van der Waals surface area contributed by atoms with Crippen molar-refractivity contribution in [1.29, 1.82) is 0 Å². The Kier molecular flexibility index (Phi) is 9.33. The SMILES string of the molecule is O=C([O-])Cc1ccccc1N(Cn1c(=S)n(-c2ccccc2)c(=O)c2ccccc21)c1c(Cl)cccc1Cl.[Na+]. The van der Waals surface area contributed by atoms with Gasteiger partial charge in [0.05, 0.1) is 32.3 Å². The molecule has 1 heterocycles. The third kappa shape index (κ3) is 5.84. The van der Waals surface area contributed by atoms with Gasteiger partial charge in [0, 0.05) is 18.1 Å². The van der Waals surface area contributed by atoms with Crippen LogP contribution in [0.3, 0.4) is 0 Å². The minimum Gasteiger partial charge on any atom is -0.550 e. The summed E-state index contributed by atoms with van der Waals surface area (Å²) in [5.41, 5.74) is 2.55. The van der Waals surface area contributed by atoms with Crippen LogP contribution >= 0.6 is 35.4 Å². The summed E-state index contributed by atoms with van der Waals surface area (Å²) in [5, 5.41) is 12.8. The molecule has 5 rings (SSSR count). The molecular weight excluding hydrogens is 564 g/mol. The molecule has 0 aliphatic rings. The van der Waals surface area contributed by atoms with Crippen LogP contribution in [0.5, 0.6) is 0 Å². The number of anilines is 2. The van der Waals surface area contributed by atoms with Crippen LogP contribution in [-0.2, 0) is 17.9 Å². The molecule has 39 heavy (non-hydrogen) atoms. The van der Waals surface area contributed by atoms with E-state index in [0.29, 0.717) is 43.6 Å². The van der Waals surface area contributed by atoms with Crippen molar-refractivity contribution in [2.75, 3.05) is 4.90 Å². The number of carboxylic acid groups (broad SMARTS) is 1. The Bertz CT molecular complexity index is 1770. The number of benzene rings is 4. The van der Waals surface area contributed by atoms with Crippen molar-refractivity contribution in [1.82, 2.24) is 9.13 Å². The van der Waals surface area contributed by atoms with E-state index >= 15 is 0 Å². The zero-order chi connectivity index (χ0) is 26.8. The standard InChI is InChI=1S/C29H21Cl2N3O3S.Na/c30-22-13-8-14-23(31)27(22)32(24-15-6-4-9-19(24)17-26(35)36)18-33-25-16-7-5-12-21(25)28(37)34(29(33)38)20-10-2-1-3-11-20;/h1-16H,17-18H2,(H,35,36);/q;+1/p-1. The first-order valence-corrected chi connectivity index (χ1v) is 12.8. The molecular formula is C29H20Cl2N3NaO3S. The second-order valence-electron chi connectivity index (χ2n) is 8.52. The molecule has 1 aromatic heterocycles. The number of para-hydroxylation sites is 4. The molecule has 0 radical (unpaired) electrons. The molecule has 190 valence electrons. The monoisotopic (exact) mass is 583 g/mol.